The fourth-order valence-corrected chi connectivity index (χ4v) is 3.65. The first kappa shape index (κ1) is 18.4. The highest BCUT2D eigenvalue weighted by atomic mass is 35.5. The Morgan fingerprint density at radius 2 is 1.60 bits per heavy atom. The van der Waals surface area contributed by atoms with Gasteiger partial charge in [0, 0.05) is 28.2 Å². The van der Waals surface area contributed by atoms with E-state index >= 15 is 0 Å². The molecule has 4 aromatic heterocycles. The van der Waals surface area contributed by atoms with Crippen molar-refractivity contribution in [3.63, 3.8) is 0 Å². The molecule has 5 aromatic rings. The van der Waals surface area contributed by atoms with Gasteiger partial charge in [0.05, 0.1) is 16.6 Å². The maximum absolute atomic E-state index is 13.6. The minimum absolute atomic E-state index is 0.287. The molecule has 0 N–H and O–H groups in total. The monoisotopic (exact) mass is 417 g/mol. The van der Waals surface area contributed by atoms with Gasteiger partial charge in [0.2, 0.25) is 5.95 Å². The topological polar surface area (TPSA) is 90.9 Å². The molecule has 0 amide bonds. The quantitative estimate of drug-likeness (QED) is 0.437. The molecular weight excluding hydrogens is 402 g/mol. The maximum Gasteiger partial charge on any atom is 0.269 e. The molecule has 0 aliphatic rings. The van der Waals surface area contributed by atoms with Crippen LogP contribution in [0.1, 0.15) is 17.2 Å². The van der Waals surface area contributed by atoms with Gasteiger partial charge in [-0.05, 0) is 45.0 Å². The highest BCUT2D eigenvalue weighted by Crippen LogP contribution is 2.27. The van der Waals surface area contributed by atoms with Crippen LogP contribution in [0, 0.1) is 20.8 Å². The summed E-state index contributed by atoms with van der Waals surface area (Å²) in [6.45, 7) is 5.52. The van der Waals surface area contributed by atoms with Gasteiger partial charge >= 0.3 is 0 Å². The predicted octanol–water partition coefficient (Wildman–Crippen LogP) is 3.46. The summed E-state index contributed by atoms with van der Waals surface area (Å²) in [6, 6.07) is 10.9. The molecule has 4 heterocycles. The van der Waals surface area contributed by atoms with Crippen molar-refractivity contribution in [2.24, 2.45) is 0 Å². The zero-order chi connectivity index (χ0) is 21.0. The van der Waals surface area contributed by atoms with Crippen LogP contribution in [0.3, 0.4) is 0 Å². The molecule has 0 bridgehead atoms. The smallest absolute Gasteiger partial charge is 0.268 e. The van der Waals surface area contributed by atoms with E-state index in [0.29, 0.717) is 39.2 Å². The lowest BCUT2D eigenvalue weighted by atomic mass is 10.1. The van der Waals surface area contributed by atoms with E-state index in [1.54, 1.807) is 35.8 Å². The van der Waals surface area contributed by atoms with Gasteiger partial charge in [0.15, 0.2) is 0 Å². The molecule has 0 atom stereocenters. The minimum atomic E-state index is -0.287. The van der Waals surface area contributed by atoms with Gasteiger partial charge in [0.1, 0.15) is 5.82 Å². The number of benzene rings is 1. The second-order valence-corrected chi connectivity index (χ2v) is 7.48. The maximum atomic E-state index is 13.6. The van der Waals surface area contributed by atoms with Crippen LogP contribution in [0.25, 0.3) is 33.9 Å². The fourth-order valence-electron chi connectivity index (χ4n) is 3.53. The third kappa shape index (κ3) is 2.93. The zero-order valence-electron chi connectivity index (χ0n) is 16.5. The molecule has 30 heavy (non-hydrogen) atoms. The van der Waals surface area contributed by atoms with Crippen molar-refractivity contribution in [1.82, 2.24) is 34.1 Å². The Morgan fingerprint density at radius 3 is 2.30 bits per heavy atom. The summed E-state index contributed by atoms with van der Waals surface area (Å²) in [5.74, 6) is 1.30. The summed E-state index contributed by atoms with van der Waals surface area (Å²) in [6.07, 6.45) is 1.64. The van der Waals surface area contributed by atoms with Crippen molar-refractivity contribution in [3.8, 4) is 17.2 Å². The lowest BCUT2D eigenvalue weighted by molar-refractivity contribution is 0.865. The average molecular weight is 418 g/mol. The molecule has 0 fully saturated rings. The van der Waals surface area contributed by atoms with Gasteiger partial charge in [-0.25, -0.2) is 15.0 Å². The fraction of sp³-hybridized carbons (Fsp3) is 0.143. The van der Waals surface area contributed by atoms with Crippen LogP contribution in [-0.2, 0) is 0 Å². The molecule has 0 aliphatic heterocycles. The summed E-state index contributed by atoms with van der Waals surface area (Å²) >= 11 is 6.08. The zero-order valence-corrected chi connectivity index (χ0v) is 17.2. The molecule has 0 aliphatic carbocycles. The first-order chi connectivity index (χ1) is 14.4. The standard InChI is InChI=1S/C21H16ClN7O/c1-11-10-12(2)24-20(23-11)28-9-8-16-17(19(28)30)18(14-4-6-15(22)7-5-14)29-21(26-16)25-13(3)27-29/h4-10H,1-3H3. The second kappa shape index (κ2) is 6.70. The predicted molar refractivity (Wildman–Crippen MR) is 114 cm³/mol. The van der Waals surface area contributed by atoms with E-state index in [1.807, 2.05) is 32.0 Å². The van der Waals surface area contributed by atoms with Gasteiger partial charge in [-0.2, -0.15) is 9.50 Å². The van der Waals surface area contributed by atoms with Gasteiger partial charge < -0.3 is 0 Å². The van der Waals surface area contributed by atoms with Crippen molar-refractivity contribution in [2.75, 3.05) is 0 Å². The highest BCUT2D eigenvalue weighted by molar-refractivity contribution is 6.30. The molecule has 9 heteroatoms. The van der Waals surface area contributed by atoms with Crippen molar-refractivity contribution >= 4 is 28.3 Å². The van der Waals surface area contributed by atoms with E-state index < -0.39 is 0 Å². The van der Waals surface area contributed by atoms with Crippen LogP contribution in [0.4, 0.5) is 0 Å². The lowest BCUT2D eigenvalue weighted by Gasteiger charge is -2.11. The molecular formula is C21H16ClN7O. The number of rotatable bonds is 2. The molecule has 148 valence electrons. The Balaban J connectivity index is 1.92. The number of fused-ring (bicyclic) bond motifs is 2. The third-order valence-electron chi connectivity index (χ3n) is 4.74. The van der Waals surface area contributed by atoms with Gasteiger partial charge in [-0.15, -0.1) is 5.10 Å². The molecule has 0 spiro atoms. The first-order valence-electron chi connectivity index (χ1n) is 9.28. The molecule has 0 radical (unpaired) electrons. The van der Waals surface area contributed by atoms with Crippen molar-refractivity contribution < 1.29 is 0 Å². The first-order valence-corrected chi connectivity index (χ1v) is 9.66. The number of nitrogens with zero attached hydrogens (tertiary/aromatic N) is 7. The van der Waals surface area contributed by atoms with E-state index in [9.17, 15) is 4.79 Å². The SMILES string of the molecule is Cc1cc(C)nc(-n2ccc3nc4nc(C)nn4c(-c4ccc(Cl)cc4)c3c2=O)n1. The van der Waals surface area contributed by atoms with Gasteiger partial charge in [0.25, 0.3) is 11.3 Å². The molecule has 0 unspecified atom stereocenters. The number of halogens is 1. The van der Waals surface area contributed by atoms with Crippen LogP contribution in [0.15, 0.2) is 47.4 Å². The van der Waals surface area contributed by atoms with E-state index in [0.717, 1.165) is 17.0 Å². The number of aromatic nitrogens is 7. The Kier molecular flexibility index (Phi) is 4.11. The van der Waals surface area contributed by atoms with Crippen LogP contribution < -0.4 is 5.56 Å². The molecule has 1 aromatic carbocycles. The average Bonchev–Trinajstić information content (AvgIpc) is 3.06. The van der Waals surface area contributed by atoms with E-state index in [1.165, 1.54) is 4.57 Å². The third-order valence-corrected chi connectivity index (χ3v) is 4.99. The Hall–Kier alpha value is -3.65. The van der Waals surface area contributed by atoms with Crippen LogP contribution in [0.2, 0.25) is 5.02 Å². The van der Waals surface area contributed by atoms with E-state index in [4.69, 9.17) is 11.6 Å². The normalized spacial score (nSPS) is 11.5. The molecule has 8 nitrogen and oxygen atoms in total. The van der Waals surface area contributed by atoms with Crippen molar-refractivity contribution in [3.05, 3.63) is 75.2 Å². The molecule has 5 rings (SSSR count). The largest absolute Gasteiger partial charge is 0.269 e. The van der Waals surface area contributed by atoms with Crippen molar-refractivity contribution in [2.45, 2.75) is 20.8 Å². The lowest BCUT2D eigenvalue weighted by Crippen LogP contribution is -2.22. The molecule has 0 saturated heterocycles. The van der Waals surface area contributed by atoms with Crippen LogP contribution in [-0.4, -0.2) is 34.1 Å². The highest BCUT2D eigenvalue weighted by Gasteiger charge is 2.19. The van der Waals surface area contributed by atoms with E-state index in [2.05, 4.69) is 25.0 Å². The summed E-state index contributed by atoms with van der Waals surface area (Å²) < 4.78 is 3.02. The number of aryl methyl sites for hydroxylation is 3. The summed E-state index contributed by atoms with van der Waals surface area (Å²) in [5, 5.41) is 5.47. The second-order valence-electron chi connectivity index (χ2n) is 7.04. The Bertz CT molecular complexity index is 1480. The van der Waals surface area contributed by atoms with Crippen molar-refractivity contribution in [1.29, 1.82) is 0 Å². The number of hydrogen-bond acceptors (Lipinski definition) is 6. The summed E-state index contributed by atoms with van der Waals surface area (Å²) in [4.78, 5) is 31.4. The Labute approximate surface area is 175 Å². The van der Waals surface area contributed by atoms with Crippen LogP contribution >= 0.6 is 11.6 Å². The van der Waals surface area contributed by atoms with Crippen LogP contribution in [0.5, 0.6) is 0 Å². The number of hydrogen-bond donors (Lipinski definition) is 0. The van der Waals surface area contributed by atoms with Gasteiger partial charge in [-0.3, -0.25) is 9.36 Å². The molecule has 0 saturated carbocycles. The van der Waals surface area contributed by atoms with E-state index in [-0.39, 0.29) is 5.56 Å². The Morgan fingerprint density at radius 1 is 0.900 bits per heavy atom. The number of pyridine rings is 1. The minimum Gasteiger partial charge on any atom is -0.268 e. The summed E-state index contributed by atoms with van der Waals surface area (Å²) in [7, 11) is 0. The summed E-state index contributed by atoms with van der Waals surface area (Å²) in [5.41, 5.74) is 3.16. The van der Waals surface area contributed by atoms with Gasteiger partial charge in [-0.1, -0.05) is 23.7 Å².